The van der Waals surface area contributed by atoms with Crippen molar-refractivity contribution < 1.29 is 8.42 Å². The van der Waals surface area contributed by atoms with Gasteiger partial charge in [-0.3, -0.25) is 0 Å². The molecule has 0 aromatic carbocycles. The summed E-state index contributed by atoms with van der Waals surface area (Å²) in [6.07, 6.45) is 6.05. The molecule has 1 aromatic rings. The van der Waals surface area contributed by atoms with Crippen molar-refractivity contribution in [3.8, 4) is 0 Å². The molecule has 0 radical (unpaired) electrons. The second kappa shape index (κ2) is 6.73. The summed E-state index contributed by atoms with van der Waals surface area (Å²) in [7, 11) is -3.60. The van der Waals surface area contributed by atoms with Crippen LogP contribution < -0.4 is 4.72 Å². The summed E-state index contributed by atoms with van der Waals surface area (Å²) in [5, 5.41) is -0.00212. The Bertz CT molecular complexity index is 580. The van der Waals surface area contributed by atoms with Gasteiger partial charge in [-0.2, -0.15) is 0 Å². The Labute approximate surface area is 133 Å². The van der Waals surface area contributed by atoms with E-state index in [4.69, 9.17) is 11.6 Å². The highest BCUT2D eigenvalue weighted by molar-refractivity contribution is 9.10. The topological polar surface area (TPSA) is 59.1 Å². The van der Waals surface area contributed by atoms with E-state index in [2.05, 4.69) is 32.6 Å². The van der Waals surface area contributed by atoms with Crippen LogP contribution in [0.15, 0.2) is 21.6 Å². The lowest BCUT2D eigenvalue weighted by atomic mass is 9.83. The second-order valence-electron chi connectivity index (χ2n) is 5.43. The third kappa shape index (κ3) is 4.16. The number of pyridine rings is 1. The molecule has 20 heavy (non-hydrogen) atoms. The zero-order chi connectivity index (χ0) is 14.8. The zero-order valence-electron chi connectivity index (χ0n) is 11.3. The molecule has 1 saturated carbocycles. The van der Waals surface area contributed by atoms with Crippen molar-refractivity contribution in [2.24, 2.45) is 11.8 Å². The largest absolute Gasteiger partial charge is 0.243 e. The van der Waals surface area contributed by atoms with Gasteiger partial charge in [0.05, 0.1) is 0 Å². The van der Waals surface area contributed by atoms with Gasteiger partial charge in [-0.05, 0) is 46.7 Å². The number of nitrogens with zero attached hydrogens (tertiary/aromatic N) is 1. The highest BCUT2D eigenvalue weighted by Crippen LogP contribution is 2.29. The van der Waals surface area contributed by atoms with Crippen molar-refractivity contribution in [1.82, 2.24) is 9.71 Å². The molecule has 7 heteroatoms. The predicted molar refractivity (Wildman–Crippen MR) is 83.3 cm³/mol. The number of hydrogen-bond acceptors (Lipinski definition) is 3. The van der Waals surface area contributed by atoms with E-state index in [9.17, 15) is 8.42 Å². The van der Waals surface area contributed by atoms with E-state index in [1.165, 1.54) is 25.1 Å². The van der Waals surface area contributed by atoms with Crippen LogP contribution in [-0.4, -0.2) is 19.9 Å². The van der Waals surface area contributed by atoms with Gasteiger partial charge < -0.3 is 0 Å². The molecular weight excluding hydrogens is 364 g/mol. The summed E-state index contributed by atoms with van der Waals surface area (Å²) in [6.45, 7) is 2.69. The maximum atomic E-state index is 12.3. The molecule has 1 heterocycles. The minimum Gasteiger partial charge on any atom is -0.242 e. The van der Waals surface area contributed by atoms with Crippen LogP contribution in [0.3, 0.4) is 0 Å². The van der Waals surface area contributed by atoms with Gasteiger partial charge in [0.2, 0.25) is 10.0 Å². The molecule has 0 amide bonds. The maximum Gasteiger partial charge on any atom is 0.243 e. The van der Waals surface area contributed by atoms with Crippen LogP contribution in [0.2, 0.25) is 5.15 Å². The third-order valence-electron chi connectivity index (χ3n) is 3.67. The molecule has 2 rings (SSSR count). The number of aromatic nitrogens is 1. The monoisotopic (exact) mass is 380 g/mol. The lowest BCUT2D eigenvalue weighted by Crippen LogP contribution is -2.31. The minimum atomic E-state index is -3.60. The summed E-state index contributed by atoms with van der Waals surface area (Å²) < 4.78 is 27.8. The van der Waals surface area contributed by atoms with Crippen molar-refractivity contribution in [2.75, 3.05) is 6.54 Å². The lowest BCUT2D eigenvalue weighted by Gasteiger charge is -2.26. The van der Waals surface area contributed by atoms with Gasteiger partial charge in [0.1, 0.15) is 10.0 Å². The summed E-state index contributed by atoms with van der Waals surface area (Å²) >= 11 is 9.09. The fraction of sp³-hybridized carbons (Fsp3) is 0.615. The molecule has 1 aromatic heterocycles. The first-order valence-corrected chi connectivity index (χ1v) is 9.34. The van der Waals surface area contributed by atoms with Crippen molar-refractivity contribution in [3.63, 3.8) is 0 Å². The molecule has 2 atom stereocenters. The van der Waals surface area contributed by atoms with E-state index in [0.29, 0.717) is 22.9 Å². The Morgan fingerprint density at radius 3 is 2.95 bits per heavy atom. The molecule has 4 nitrogen and oxygen atoms in total. The molecular formula is C13H18BrClN2O2S. The highest BCUT2D eigenvalue weighted by Gasteiger charge is 2.23. The Morgan fingerprint density at radius 1 is 1.50 bits per heavy atom. The quantitative estimate of drug-likeness (QED) is 0.811. The third-order valence-corrected chi connectivity index (χ3v) is 5.95. The van der Waals surface area contributed by atoms with Crippen molar-refractivity contribution in [2.45, 2.75) is 37.5 Å². The zero-order valence-corrected chi connectivity index (χ0v) is 14.4. The summed E-state index contributed by atoms with van der Waals surface area (Å²) in [6, 6.07) is 1.47. The van der Waals surface area contributed by atoms with E-state index in [1.807, 2.05) is 0 Å². The molecule has 112 valence electrons. The number of nitrogens with one attached hydrogen (secondary N) is 1. The Balaban J connectivity index is 2.05. The normalized spacial score (nSPS) is 23.8. The van der Waals surface area contributed by atoms with E-state index >= 15 is 0 Å². The number of rotatable bonds is 4. The van der Waals surface area contributed by atoms with Gasteiger partial charge in [-0.25, -0.2) is 18.1 Å². The molecule has 0 aliphatic heterocycles. The maximum absolute atomic E-state index is 12.3. The molecule has 1 fully saturated rings. The van der Waals surface area contributed by atoms with Crippen molar-refractivity contribution in [1.29, 1.82) is 0 Å². The van der Waals surface area contributed by atoms with Crippen molar-refractivity contribution >= 4 is 37.6 Å². The average Bonchev–Trinajstić information content (AvgIpc) is 2.39. The first kappa shape index (κ1) is 16.2. The first-order valence-electron chi connectivity index (χ1n) is 6.69. The number of sulfonamides is 1. The van der Waals surface area contributed by atoms with Crippen molar-refractivity contribution in [3.05, 3.63) is 21.9 Å². The van der Waals surface area contributed by atoms with Gasteiger partial charge in [0.25, 0.3) is 0 Å². The minimum absolute atomic E-state index is 0.00212. The highest BCUT2D eigenvalue weighted by atomic mass is 79.9. The molecule has 0 spiro atoms. The van der Waals surface area contributed by atoms with Crippen LogP contribution in [0, 0.1) is 11.8 Å². The second-order valence-corrected chi connectivity index (χ2v) is 8.44. The molecule has 1 N–H and O–H groups in total. The van der Waals surface area contributed by atoms with Gasteiger partial charge in [-0.1, -0.05) is 31.4 Å². The summed E-state index contributed by atoms with van der Waals surface area (Å²) in [4.78, 5) is 3.88. The SMILES string of the molecule is CC1CCCC(CNS(=O)(=O)c2cc(Br)cnc2Cl)C1. The lowest BCUT2D eigenvalue weighted by molar-refractivity contribution is 0.283. The van der Waals surface area contributed by atoms with Crippen LogP contribution in [0.1, 0.15) is 32.6 Å². The standard InChI is InChI=1S/C13H18BrClN2O2S/c1-9-3-2-4-10(5-9)7-17-20(18,19)12-6-11(14)8-16-13(12)15/h6,8-10,17H,2-5,7H2,1H3. The predicted octanol–water partition coefficient (Wildman–Crippen LogP) is 3.60. The fourth-order valence-corrected chi connectivity index (χ4v) is 4.70. The van der Waals surface area contributed by atoms with E-state index in [0.717, 1.165) is 12.8 Å². The molecule has 1 aliphatic carbocycles. The average molecular weight is 382 g/mol. The smallest absolute Gasteiger partial charge is 0.242 e. The van der Waals surface area contributed by atoms with Crippen LogP contribution in [0.5, 0.6) is 0 Å². The number of hydrogen-bond donors (Lipinski definition) is 1. The molecule has 2 unspecified atom stereocenters. The Hall–Kier alpha value is -0.170. The van der Waals surface area contributed by atoms with Gasteiger partial charge in [0, 0.05) is 17.2 Å². The van der Waals surface area contributed by atoms with Crippen LogP contribution >= 0.6 is 27.5 Å². The van der Waals surface area contributed by atoms with Gasteiger partial charge in [0.15, 0.2) is 0 Å². The molecule has 0 bridgehead atoms. The van der Waals surface area contributed by atoms with E-state index in [-0.39, 0.29) is 10.0 Å². The van der Waals surface area contributed by atoms with E-state index < -0.39 is 10.0 Å². The Kier molecular flexibility index (Phi) is 5.45. The van der Waals surface area contributed by atoms with Crippen LogP contribution in [-0.2, 0) is 10.0 Å². The summed E-state index contributed by atoms with van der Waals surface area (Å²) in [5.74, 6) is 1.08. The Morgan fingerprint density at radius 2 is 2.25 bits per heavy atom. The number of halogens is 2. The van der Waals surface area contributed by atoms with E-state index in [1.54, 1.807) is 0 Å². The van der Waals surface area contributed by atoms with Gasteiger partial charge in [-0.15, -0.1) is 0 Å². The fourth-order valence-electron chi connectivity index (χ4n) is 2.64. The summed E-state index contributed by atoms with van der Waals surface area (Å²) in [5.41, 5.74) is 0. The first-order chi connectivity index (χ1) is 9.38. The molecule has 1 aliphatic rings. The molecule has 0 saturated heterocycles. The van der Waals surface area contributed by atoms with Gasteiger partial charge >= 0.3 is 0 Å². The van der Waals surface area contributed by atoms with Crippen LogP contribution in [0.4, 0.5) is 0 Å². The van der Waals surface area contributed by atoms with Crippen LogP contribution in [0.25, 0.3) is 0 Å².